The van der Waals surface area contributed by atoms with Gasteiger partial charge in [0.1, 0.15) is 0 Å². The summed E-state index contributed by atoms with van der Waals surface area (Å²) < 4.78 is 0. The fourth-order valence-electron chi connectivity index (χ4n) is 1.93. The van der Waals surface area contributed by atoms with E-state index >= 15 is 0 Å². The summed E-state index contributed by atoms with van der Waals surface area (Å²) in [5.41, 5.74) is 0. The van der Waals surface area contributed by atoms with E-state index in [2.05, 4.69) is 10.6 Å². The Labute approximate surface area is 85.1 Å². The number of aliphatic carboxylic acids is 1. The van der Waals surface area contributed by atoms with Crippen molar-refractivity contribution in [1.29, 1.82) is 0 Å². The van der Waals surface area contributed by atoms with Crippen molar-refractivity contribution in [2.45, 2.75) is 32.2 Å². The first kappa shape index (κ1) is 11.5. The van der Waals surface area contributed by atoms with Gasteiger partial charge in [-0.05, 0) is 31.8 Å². The standard InChI is InChI=1S/C7H14N2.C3H6O2/c1-2-6-4-8-5-7(6)9-3-1;1-2-3(4)5/h6-9H,1-5H2;2H2,1H3,(H,4,5)/t6-,7+;/m0./s1. The van der Waals surface area contributed by atoms with Crippen molar-refractivity contribution in [2.24, 2.45) is 5.92 Å². The van der Waals surface area contributed by atoms with Crippen molar-refractivity contribution in [3.63, 3.8) is 0 Å². The zero-order valence-corrected chi connectivity index (χ0v) is 8.75. The lowest BCUT2D eigenvalue weighted by molar-refractivity contribution is -0.136. The molecular weight excluding hydrogens is 180 g/mol. The molecular formula is C10H20N2O2. The molecule has 14 heavy (non-hydrogen) atoms. The van der Waals surface area contributed by atoms with Gasteiger partial charge in [-0.2, -0.15) is 0 Å². The van der Waals surface area contributed by atoms with Crippen molar-refractivity contribution in [2.75, 3.05) is 19.6 Å². The van der Waals surface area contributed by atoms with Crippen LogP contribution in [0.2, 0.25) is 0 Å². The van der Waals surface area contributed by atoms with Crippen LogP contribution in [0, 0.1) is 5.92 Å². The zero-order valence-electron chi connectivity index (χ0n) is 8.75. The van der Waals surface area contributed by atoms with E-state index in [9.17, 15) is 4.79 Å². The van der Waals surface area contributed by atoms with Gasteiger partial charge in [0.2, 0.25) is 0 Å². The van der Waals surface area contributed by atoms with Gasteiger partial charge in [0.25, 0.3) is 0 Å². The van der Waals surface area contributed by atoms with Crippen LogP contribution in [0.1, 0.15) is 26.2 Å². The van der Waals surface area contributed by atoms with E-state index in [1.807, 2.05) is 0 Å². The normalized spacial score (nSPS) is 30.1. The molecule has 0 amide bonds. The molecule has 2 aliphatic heterocycles. The first-order chi connectivity index (χ1) is 6.74. The molecule has 4 nitrogen and oxygen atoms in total. The van der Waals surface area contributed by atoms with Crippen LogP contribution in [0.25, 0.3) is 0 Å². The van der Waals surface area contributed by atoms with Crippen LogP contribution in [0.3, 0.4) is 0 Å². The Morgan fingerprint density at radius 3 is 2.79 bits per heavy atom. The van der Waals surface area contributed by atoms with Gasteiger partial charge >= 0.3 is 5.97 Å². The lowest BCUT2D eigenvalue weighted by Crippen LogP contribution is -2.40. The van der Waals surface area contributed by atoms with E-state index in [-0.39, 0.29) is 6.42 Å². The fraction of sp³-hybridized carbons (Fsp3) is 0.900. The maximum absolute atomic E-state index is 9.37. The van der Waals surface area contributed by atoms with Crippen molar-refractivity contribution in [1.82, 2.24) is 10.6 Å². The number of nitrogens with one attached hydrogen (secondary N) is 2. The van der Waals surface area contributed by atoms with Crippen molar-refractivity contribution in [3.05, 3.63) is 0 Å². The molecule has 0 aromatic carbocycles. The largest absolute Gasteiger partial charge is 0.481 e. The molecule has 0 aromatic heterocycles. The average molecular weight is 200 g/mol. The van der Waals surface area contributed by atoms with Crippen LogP contribution in [0.4, 0.5) is 0 Å². The quantitative estimate of drug-likeness (QED) is 0.575. The van der Waals surface area contributed by atoms with Crippen LogP contribution in [-0.4, -0.2) is 36.8 Å². The molecule has 2 fully saturated rings. The lowest BCUT2D eigenvalue weighted by atomic mass is 9.94. The minimum atomic E-state index is -0.745. The second-order valence-electron chi connectivity index (χ2n) is 3.87. The molecule has 0 saturated carbocycles. The summed E-state index contributed by atoms with van der Waals surface area (Å²) in [4.78, 5) is 9.37. The van der Waals surface area contributed by atoms with E-state index < -0.39 is 5.97 Å². The highest BCUT2D eigenvalue weighted by Gasteiger charge is 2.28. The zero-order chi connectivity index (χ0) is 10.4. The fourth-order valence-corrected chi connectivity index (χ4v) is 1.93. The monoisotopic (exact) mass is 200 g/mol. The molecule has 3 N–H and O–H groups in total. The molecule has 0 bridgehead atoms. The molecule has 4 heteroatoms. The minimum absolute atomic E-state index is 0.222. The van der Waals surface area contributed by atoms with Gasteiger partial charge in [0.05, 0.1) is 0 Å². The Hall–Kier alpha value is -0.610. The van der Waals surface area contributed by atoms with Gasteiger partial charge in [0, 0.05) is 19.0 Å². The van der Waals surface area contributed by atoms with E-state index in [1.165, 1.54) is 32.5 Å². The molecule has 0 spiro atoms. The van der Waals surface area contributed by atoms with E-state index in [0.717, 1.165) is 12.0 Å². The highest BCUT2D eigenvalue weighted by atomic mass is 16.4. The van der Waals surface area contributed by atoms with Crippen molar-refractivity contribution < 1.29 is 9.90 Å². The minimum Gasteiger partial charge on any atom is -0.481 e. The molecule has 2 saturated heterocycles. The number of hydrogen-bond acceptors (Lipinski definition) is 3. The summed E-state index contributed by atoms with van der Waals surface area (Å²) in [6.07, 6.45) is 3.04. The number of carboxylic acids is 1. The van der Waals surface area contributed by atoms with Gasteiger partial charge in [-0.25, -0.2) is 0 Å². The van der Waals surface area contributed by atoms with E-state index in [0.29, 0.717) is 0 Å². The second-order valence-corrected chi connectivity index (χ2v) is 3.87. The second kappa shape index (κ2) is 5.98. The van der Waals surface area contributed by atoms with Crippen LogP contribution in [0.5, 0.6) is 0 Å². The van der Waals surface area contributed by atoms with Crippen LogP contribution in [-0.2, 0) is 4.79 Å². The Morgan fingerprint density at radius 1 is 1.50 bits per heavy atom. The summed E-state index contributed by atoms with van der Waals surface area (Å²) in [6.45, 7) is 5.29. The van der Waals surface area contributed by atoms with Crippen molar-refractivity contribution >= 4 is 5.97 Å². The molecule has 82 valence electrons. The number of fused-ring (bicyclic) bond motifs is 1. The van der Waals surface area contributed by atoms with Gasteiger partial charge in [0.15, 0.2) is 0 Å². The highest BCUT2D eigenvalue weighted by Crippen LogP contribution is 2.18. The number of carboxylic acid groups (broad SMARTS) is 1. The summed E-state index contributed by atoms with van der Waals surface area (Å²) in [5.74, 6) is 0.198. The van der Waals surface area contributed by atoms with Crippen molar-refractivity contribution in [3.8, 4) is 0 Å². The Kier molecular flexibility index (Phi) is 4.90. The van der Waals surface area contributed by atoms with E-state index in [1.54, 1.807) is 6.92 Å². The Bertz CT molecular complexity index is 173. The molecule has 0 aliphatic carbocycles. The van der Waals surface area contributed by atoms with Crippen LogP contribution < -0.4 is 10.6 Å². The first-order valence-electron chi connectivity index (χ1n) is 5.40. The summed E-state index contributed by atoms with van der Waals surface area (Å²) in [5, 5.41) is 14.6. The molecule has 0 unspecified atom stereocenters. The number of rotatable bonds is 1. The van der Waals surface area contributed by atoms with Crippen LogP contribution in [0.15, 0.2) is 0 Å². The third-order valence-corrected chi connectivity index (χ3v) is 2.80. The predicted molar refractivity (Wildman–Crippen MR) is 55.3 cm³/mol. The number of piperidine rings is 1. The highest BCUT2D eigenvalue weighted by molar-refractivity contribution is 5.66. The lowest BCUT2D eigenvalue weighted by Gasteiger charge is -2.24. The smallest absolute Gasteiger partial charge is 0.303 e. The number of carbonyl (C=O) groups is 1. The third kappa shape index (κ3) is 3.64. The maximum atomic E-state index is 9.37. The molecule has 2 aliphatic rings. The van der Waals surface area contributed by atoms with Gasteiger partial charge < -0.3 is 15.7 Å². The predicted octanol–water partition coefficient (Wildman–Crippen LogP) is 0.439. The van der Waals surface area contributed by atoms with Gasteiger partial charge in [-0.15, -0.1) is 0 Å². The average Bonchev–Trinajstić information content (AvgIpc) is 2.66. The Balaban J connectivity index is 0.000000171. The van der Waals surface area contributed by atoms with Gasteiger partial charge in [-0.3, -0.25) is 4.79 Å². The summed E-state index contributed by atoms with van der Waals surface area (Å²) in [7, 11) is 0. The molecule has 2 heterocycles. The summed E-state index contributed by atoms with van der Waals surface area (Å²) in [6, 6.07) is 0.804. The molecule has 2 atom stereocenters. The van der Waals surface area contributed by atoms with E-state index in [4.69, 9.17) is 5.11 Å². The third-order valence-electron chi connectivity index (χ3n) is 2.80. The maximum Gasteiger partial charge on any atom is 0.303 e. The van der Waals surface area contributed by atoms with Gasteiger partial charge in [-0.1, -0.05) is 6.92 Å². The first-order valence-corrected chi connectivity index (χ1v) is 5.40. The summed E-state index contributed by atoms with van der Waals surface area (Å²) >= 11 is 0. The SMILES string of the molecule is C1CN[C@@H]2CNC[C@@H]2C1.CCC(=O)O. The Morgan fingerprint density at radius 2 is 2.21 bits per heavy atom. The molecule has 0 radical (unpaired) electrons. The topological polar surface area (TPSA) is 61.4 Å². The van der Waals surface area contributed by atoms with Crippen LogP contribution >= 0.6 is 0 Å². The number of hydrogen-bond donors (Lipinski definition) is 3. The molecule has 2 rings (SSSR count). The molecule has 0 aromatic rings.